The van der Waals surface area contributed by atoms with E-state index in [2.05, 4.69) is 10.6 Å². The third-order valence-electron chi connectivity index (χ3n) is 6.82. The summed E-state index contributed by atoms with van der Waals surface area (Å²) in [7, 11) is 0. The molecule has 5 aliphatic rings. The van der Waals surface area contributed by atoms with Crippen molar-refractivity contribution in [2.75, 3.05) is 32.8 Å². The number of hydrogen-bond acceptors (Lipinski definition) is 4. The number of hydrogen-bond donors (Lipinski definition) is 2. The predicted octanol–water partition coefficient (Wildman–Crippen LogP) is 0.827. The van der Waals surface area contributed by atoms with Gasteiger partial charge in [-0.2, -0.15) is 0 Å². The minimum Gasteiger partial charge on any atom is -0.378 e. The van der Waals surface area contributed by atoms with Gasteiger partial charge >= 0.3 is 0 Å². The van der Waals surface area contributed by atoms with E-state index in [-0.39, 0.29) is 42.6 Å². The molecule has 7 nitrogen and oxygen atoms in total. The van der Waals surface area contributed by atoms with Crippen LogP contribution in [0.25, 0.3) is 0 Å². The summed E-state index contributed by atoms with van der Waals surface area (Å²) in [5.41, 5.74) is -0.0249. The van der Waals surface area contributed by atoms with Crippen molar-refractivity contribution in [3.05, 3.63) is 0 Å². The van der Waals surface area contributed by atoms with Crippen LogP contribution >= 0.6 is 0 Å². The van der Waals surface area contributed by atoms with Gasteiger partial charge in [-0.05, 0) is 56.3 Å². The van der Waals surface area contributed by atoms with Crippen molar-refractivity contribution in [2.45, 2.75) is 56.9 Å². The van der Waals surface area contributed by atoms with Crippen LogP contribution in [-0.2, 0) is 19.1 Å². The molecule has 5 fully saturated rings. The molecule has 4 aliphatic carbocycles. The molecule has 0 aromatic carbocycles. The Bertz CT molecular complexity index is 565. The van der Waals surface area contributed by atoms with Crippen molar-refractivity contribution in [1.82, 2.24) is 15.5 Å². The van der Waals surface area contributed by atoms with Crippen LogP contribution in [0.5, 0.6) is 0 Å². The lowest BCUT2D eigenvalue weighted by molar-refractivity contribution is -0.137. The molecule has 1 aliphatic heterocycles. The normalized spacial score (nSPS) is 34.4. The number of amides is 3. The van der Waals surface area contributed by atoms with E-state index in [0.29, 0.717) is 26.3 Å². The van der Waals surface area contributed by atoms with Gasteiger partial charge in [-0.1, -0.05) is 0 Å². The number of morpholine rings is 1. The van der Waals surface area contributed by atoms with E-state index >= 15 is 0 Å². The third kappa shape index (κ3) is 4.45. The minimum absolute atomic E-state index is 0.00628. The molecule has 0 unspecified atom stereocenters. The summed E-state index contributed by atoms with van der Waals surface area (Å²) < 4.78 is 5.22. The number of rotatable bonds is 6. The summed E-state index contributed by atoms with van der Waals surface area (Å²) >= 11 is 0. The maximum Gasteiger partial charge on any atom is 0.239 e. The van der Waals surface area contributed by atoms with Crippen LogP contribution in [-0.4, -0.2) is 61.0 Å². The first-order chi connectivity index (χ1) is 13.0. The molecule has 1 heterocycles. The molecular formula is C20H31N3O4. The molecule has 3 amide bonds. The van der Waals surface area contributed by atoms with Gasteiger partial charge in [-0.25, -0.2) is 0 Å². The maximum absolute atomic E-state index is 12.4. The second-order valence-electron chi connectivity index (χ2n) is 9.02. The van der Waals surface area contributed by atoms with Crippen LogP contribution in [0, 0.1) is 17.8 Å². The van der Waals surface area contributed by atoms with E-state index in [1.807, 2.05) is 0 Å². The molecule has 150 valence electrons. The number of carbonyl (C=O) groups is 3. The zero-order valence-corrected chi connectivity index (χ0v) is 16.0. The summed E-state index contributed by atoms with van der Waals surface area (Å²) in [5.74, 6) is 1.97. The molecule has 7 heteroatoms. The van der Waals surface area contributed by atoms with Crippen molar-refractivity contribution >= 4 is 17.7 Å². The van der Waals surface area contributed by atoms with Gasteiger partial charge in [0.15, 0.2) is 0 Å². The van der Waals surface area contributed by atoms with Gasteiger partial charge in [-0.15, -0.1) is 0 Å². The molecule has 0 spiro atoms. The molecule has 0 radical (unpaired) electrons. The zero-order valence-electron chi connectivity index (χ0n) is 16.0. The fraction of sp³-hybridized carbons (Fsp3) is 0.850. The van der Waals surface area contributed by atoms with Crippen LogP contribution in [0.15, 0.2) is 0 Å². The van der Waals surface area contributed by atoms with E-state index in [1.54, 1.807) is 4.90 Å². The molecule has 1 saturated heterocycles. The standard InChI is InChI=1S/C20H31N3O4/c24-17(1-2-19(26)23-3-5-27-6-4-23)21-13-18(25)22-20-10-14-7-15(11-20)9-16(8-14)12-20/h14-16H,1-13H2,(H,21,24)(H,22,25). The largest absolute Gasteiger partial charge is 0.378 e. The van der Waals surface area contributed by atoms with Gasteiger partial charge in [0, 0.05) is 31.5 Å². The van der Waals surface area contributed by atoms with Gasteiger partial charge in [0.1, 0.15) is 0 Å². The Morgan fingerprint density at radius 2 is 1.48 bits per heavy atom. The lowest BCUT2D eigenvalue weighted by Gasteiger charge is -2.56. The van der Waals surface area contributed by atoms with Crippen molar-refractivity contribution in [3.63, 3.8) is 0 Å². The lowest BCUT2D eigenvalue weighted by atomic mass is 9.53. The Hall–Kier alpha value is -1.63. The summed E-state index contributed by atoms with van der Waals surface area (Å²) in [6.07, 6.45) is 7.63. The van der Waals surface area contributed by atoms with Gasteiger partial charge in [0.25, 0.3) is 0 Å². The molecule has 0 aromatic rings. The number of nitrogens with one attached hydrogen (secondary N) is 2. The predicted molar refractivity (Wildman–Crippen MR) is 98.7 cm³/mol. The number of carbonyl (C=O) groups excluding carboxylic acids is 3. The van der Waals surface area contributed by atoms with Crippen LogP contribution in [0.4, 0.5) is 0 Å². The van der Waals surface area contributed by atoms with Gasteiger partial charge in [0.05, 0.1) is 19.8 Å². The lowest BCUT2D eigenvalue weighted by Crippen LogP contribution is -2.61. The molecule has 0 aromatic heterocycles. The highest BCUT2D eigenvalue weighted by molar-refractivity contribution is 5.87. The Morgan fingerprint density at radius 1 is 0.889 bits per heavy atom. The first-order valence-electron chi connectivity index (χ1n) is 10.4. The molecule has 4 saturated carbocycles. The minimum atomic E-state index is -0.239. The van der Waals surface area contributed by atoms with E-state index in [4.69, 9.17) is 4.74 Å². The smallest absolute Gasteiger partial charge is 0.239 e. The van der Waals surface area contributed by atoms with Crippen LogP contribution in [0.1, 0.15) is 51.4 Å². The van der Waals surface area contributed by atoms with Gasteiger partial charge < -0.3 is 20.3 Å². The quantitative estimate of drug-likeness (QED) is 0.718. The van der Waals surface area contributed by atoms with E-state index in [9.17, 15) is 14.4 Å². The van der Waals surface area contributed by atoms with Crippen molar-refractivity contribution in [3.8, 4) is 0 Å². The highest BCUT2D eigenvalue weighted by Gasteiger charge is 2.51. The second kappa shape index (κ2) is 7.78. The monoisotopic (exact) mass is 377 g/mol. The molecule has 0 atom stereocenters. The maximum atomic E-state index is 12.4. The average Bonchev–Trinajstić information content (AvgIpc) is 2.63. The topological polar surface area (TPSA) is 87.7 Å². The summed E-state index contributed by atoms with van der Waals surface area (Å²) in [5, 5.41) is 5.93. The molecule has 27 heavy (non-hydrogen) atoms. The van der Waals surface area contributed by atoms with Crippen LogP contribution in [0.3, 0.4) is 0 Å². The Kier molecular flexibility index (Phi) is 5.39. The van der Waals surface area contributed by atoms with E-state index < -0.39 is 0 Å². The summed E-state index contributed by atoms with van der Waals surface area (Å²) in [6.45, 7) is 2.30. The van der Waals surface area contributed by atoms with Crippen molar-refractivity contribution < 1.29 is 19.1 Å². The average molecular weight is 377 g/mol. The SMILES string of the molecule is O=C(CCC(=O)N1CCOCC1)NCC(=O)NC12CC3CC(CC(C3)C1)C2. The highest BCUT2D eigenvalue weighted by Crippen LogP contribution is 2.55. The van der Waals surface area contributed by atoms with E-state index in [1.165, 1.54) is 19.3 Å². The summed E-state index contributed by atoms with van der Waals surface area (Å²) in [4.78, 5) is 38.2. The molecule has 2 N–H and O–H groups in total. The fourth-order valence-electron chi connectivity index (χ4n) is 6.06. The van der Waals surface area contributed by atoms with Crippen LogP contribution < -0.4 is 10.6 Å². The van der Waals surface area contributed by atoms with Crippen molar-refractivity contribution in [1.29, 1.82) is 0 Å². The Morgan fingerprint density at radius 3 is 2.07 bits per heavy atom. The summed E-state index contributed by atoms with van der Waals surface area (Å²) in [6, 6.07) is 0. The van der Waals surface area contributed by atoms with Gasteiger partial charge in [-0.3, -0.25) is 14.4 Å². The third-order valence-corrected chi connectivity index (χ3v) is 6.82. The van der Waals surface area contributed by atoms with Crippen molar-refractivity contribution in [2.24, 2.45) is 17.8 Å². The number of ether oxygens (including phenoxy) is 1. The molecule has 5 rings (SSSR count). The van der Waals surface area contributed by atoms with E-state index in [0.717, 1.165) is 37.0 Å². The zero-order chi connectivity index (χ0) is 18.9. The second-order valence-corrected chi connectivity index (χ2v) is 9.02. The first-order valence-corrected chi connectivity index (χ1v) is 10.4. The Balaban J connectivity index is 1.17. The Labute approximate surface area is 160 Å². The molecule has 4 bridgehead atoms. The fourth-order valence-corrected chi connectivity index (χ4v) is 6.06. The van der Waals surface area contributed by atoms with Crippen LogP contribution in [0.2, 0.25) is 0 Å². The molecular weight excluding hydrogens is 346 g/mol. The highest BCUT2D eigenvalue weighted by atomic mass is 16.5. The first kappa shape index (κ1) is 18.7. The van der Waals surface area contributed by atoms with Gasteiger partial charge in [0.2, 0.25) is 17.7 Å². The number of nitrogens with zero attached hydrogens (tertiary/aromatic N) is 1.